The first-order valence-electron chi connectivity index (χ1n) is 5.76. The lowest BCUT2D eigenvalue weighted by atomic mass is 9.91. The Morgan fingerprint density at radius 1 is 1.39 bits per heavy atom. The number of hydrogen-bond donors (Lipinski definition) is 3. The number of hydrogen-bond acceptors (Lipinski definition) is 4. The van der Waals surface area contributed by atoms with Gasteiger partial charge in [-0.15, -0.1) is 0 Å². The van der Waals surface area contributed by atoms with Crippen LogP contribution in [0, 0.1) is 5.41 Å². The van der Waals surface area contributed by atoms with Gasteiger partial charge >= 0.3 is 0 Å². The van der Waals surface area contributed by atoms with Gasteiger partial charge in [-0.05, 0) is 30.0 Å². The molecule has 102 valence electrons. The molecule has 18 heavy (non-hydrogen) atoms. The third kappa shape index (κ3) is 3.61. The molecule has 6 heteroatoms. The molecule has 0 radical (unpaired) electrons. The van der Waals surface area contributed by atoms with Crippen molar-refractivity contribution >= 4 is 15.7 Å². The summed E-state index contributed by atoms with van der Waals surface area (Å²) in [6.07, 6.45) is 0.868. The third-order valence-corrected chi connectivity index (χ3v) is 4.41. The van der Waals surface area contributed by atoms with Crippen molar-refractivity contribution in [2.45, 2.75) is 32.1 Å². The fraction of sp³-hybridized carbons (Fsp3) is 0.500. The van der Waals surface area contributed by atoms with Gasteiger partial charge in [0, 0.05) is 6.54 Å². The molecule has 0 amide bonds. The van der Waals surface area contributed by atoms with Crippen LogP contribution in [0.25, 0.3) is 0 Å². The fourth-order valence-electron chi connectivity index (χ4n) is 1.20. The zero-order valence-corrected chi connectivity index (χ0v) is 11.7. The van der Waals surface area contributed by atoms with Gasteiger partial charge in [0.2, 0.25) is 10.0 Å². The van der Waals surface area contributed by atoms with E-state index in [9.17, 15) is 13.5 Å². The van der Waals surface area contributed by atoms with E-state index >= 15 is 0 Å². The van der Waals surface area contributed by atoms with E-state index < -0.39 is 10.0 Å². The van der Waals surface area contributed by atoms with E-state index in [-0.39, 0.29) is 21.7 Å². The van der Waals surface area contributed by atoms with Crippen molar-refractivity contribution in [1.82, 2.24) is 4.72 Å². The Morgan fingerprint density at radius 3 is 2.50 bits per heavy atom. The molecule has 4 N–H and O–H groups in total. The normalized spacial score (nSPS) is 12.6. The van der Waals surface area contributed by atoms with Gasteiger partial charge < -0.3 is 10.8 Å². The highest BCUT2D eigenvalue weighted by Gasteiger charge is 2.21. The van der Waals surface area contributed by atoms with Gasteiger partial charge in [-0.25, -0.2) is 13.1 Å². The average molecular weight is 272 g/mol. The number of phenols is 1. The average Bonchev–Trinajstić information content (AvgIpc) is 2.30. The van der Waals surface area contributed by atoms with E-state index in [1.165, 1.54) is 18.2 Å². The molecule has 0 aliphatic rings. The maximum Gasteiger partial charge on any atom is 0.240 e. The molecule has 0 aliphatic heterocycles. The number of nitrogens with two attached hydrogens (primary N) is 1. The first kappa shape index (κ1) is 14.8. The van der Waals surface area contributed by atoms with E-state index in [0.29, 0.717) is 6.54 Å². The van der Waals surface area contributed by atoms with Gasteiger partial charge in [0.1, 0.15) is 5.75 Å². The second-order valence-corrected chi connectivity index (χ2v) is 6.83. The molecule has 0 unspecified atom stereocenters. The highest BCUT2D eigenvalue weighted by molar-refractivity contribution is 7.89. The molecule has 5 nitrogen and oxygen atoms in total. The quantitative estimate of drug-likeness (QED) is 0.562. The van der Waals surface area contributed by atoms with Crippen LogP contribution in [-0.2, 0) is 10.0 Å². The maximum absolute atomic E-state index is 12.0. The monoisotopic (exact) mass is 272 g/mol. The van der Waals surface area contributed by atoms with Crippen molar-refractivity contribution < 1.29 is 13.5 Å². The molecule has 0 heterocycles. The fourth-order valence-corrected chi connectivity index (χ4v) is 2.48. The molecule has 0 aromatic heterocycles. The van der Waals surface area contributed by atoms with Crippen LogP contribution in [0.2, 0.25) is 0 Å². The highest BCUT2D eigenvalue weighted by Crippen LogP contribution is 2.24. The Morgan fingerprint density at radius 2 is 2.00 bits per heavy atom. The Hall–Kier alpha value is -1.27. The van der Waals surface area contributed by atoms with E-state index in [2.05, 4.69) is 4.72 Å². The first-order valence-corrected chi connectivity index (χ1v) is 7.24. The lowest BCUT2D eigenvalue weighted by Crippen LogP contribution is -2.33. The Kier molecular flexibility index (Phi) is 4.24. The number of nitrogen functional groups attached to an aromatic ring is 1. The van der Waals surface area contributed by atoms with Crippen molar-refractivity contribution in [2.75, 3.05) is 12.3 Å². The largest absolute Gasteiger partial charge is 0.506 e. The van der Waals surface area contributed by atoms with Crippen molar-refractivity contribution in [2.24, 2.45) is 5.41 Å². The van der Waals surface area contributed by atoms with Crippen LogP contribution in [-0.4, -0.2) is 20.1 Å². The number of phenolic OH excluding ortho intramolecular Hbond substituents is 1. The van der Waals surface area contributed by atoms with Crippen molar-refractivity contribution in [3.63, 3.8) is 0 Å². The lowest BCUT2D eigenvalue weighted by Gasteiger charge is -2.22. The van der Waals surface area contributed by atoms with Crippen LogP contribution in [0.5, 0.6) is 5.75 Å². The molecule has 0 bridgehead atoms. The second-order valence-electron chi connectivity index (χ2n) is 5.06. The summed E-state index contributed by atoms with van der Waals surface area (Å²) in [5.74, 6) is -0.122. The van der Waals surface area contributed by atoms with Gasteiger partial charge in [-0.2, -0.15) is 0 Å². The Labute approximate surface area is 108 Å². The zero-order valence-electron chi connectivity index (χ0n) is 10.9. The molecule has 0 atom stereocenters. The standard InChI is InChI=1S/C12H20N2O3S/c1-4-12(2,3)8-14-18(16,17)9-5-6-11(15)10(13)7-9/h5-7,14-15H,4,8,13H2,1-3H3. The van der Waals surface area contributed by atoms with E-state index in [1.807, 2.05) is 20.8 Å². The maximum atomic E-state index is 12.0. The number of sulfonamides is 1. The SMILES string of the molecule is CCC(C)(C)CNS(=O)(=O)c1ccc(O)c(N)c1. The minimum atomic E-state index is -3.58. The number of rotatable bonds is 5. The van der Waals surface area contributed by atoms with Crippen molar-refractivity contribution in [3.8, 4) is 5.75 Å². The predicted octanol–water partition coefficient (Wildman–Crippen LogP) is 1.69. The number of anilines is 1. The van der Waals surface area contributed by atoms with Crippen molar-refractivity contribution in [3.05, 3.63) is 18.2 Å². The molecule has 0 aliphatic carbocycles. The van der Waals surface area contributed by atoms with Crippen LogP contribution in [0.15, 0.2) is 23.1 Å². The number of aromatic hydroxyl groups is 1. The molecule has 0 spiro atoms. The van der Waals surface area contributed by atoms with Crippen LogP contribution < -0.4 is 10.5 Å². The summed E-state index contributed by atoms with van der Waals surface area (Å²) in [7, 11) is -3.58. The van der Waals surface area contributed by atoms with Crippen LogP contribution >= 0.6 is 0 Å². The molecule has 0 saturated carbocycles. The molecule has 1 aromatic carbocycles. The molecule has 0 saturated heterocycles. The summed E-state index contributed by atoms with van der Waals surface area (Å²) >= 11 is 0. The summed E-state index contributed by atoms with van der Waals surface area (Å²) in [4.78, 5) is 0.0599. The number of benzene rings is 1. The van der Waals surface area contributed by atoms with Crippen molar-refractivity contribution in [1.29, 1.82) is 0 Å². The van der Waals surface area contributed by atoms with Gasteiger partial charge in [-0.1, -0.05) is 20.8 Å². The molecular weight excluding hydrogens is 252 g/mol. The first-order chi connectivity index (χ1) is 8.18. The zero-order chi connectivity index (χ0) is 14.0. The summed E-state index contributed by atoms with van der Waals surface area (Å²) < 4.78 is 26.6. The smallest absolute Gasteiger partial charge is 0.240 e. The molecule has 1 rings (SSSR count). The molecule has 1 aromatic rings. The van der Waals surface area contributed by atoms with E-state index in [1.54, 1.807) is 0 Å². The van der Waals surface area contributed by atoms with Gasteiger partial charge in [0.05, 0.1) is 10.6 Å². The summed E-state index contributed by atoms with van der Waals surface area (Å²) in [5.41, 5.74) is 5.43. The van der Waals surface area contributed by atoms with Gasteiger partial charge in [0.15, 0.2) is 0 Å². The lowest BCUT2D eigenvalue weighted by molar-refractivity contribution is 0.350. The van der Waals surface area contributed by atoms with E-state index in [0.717, 1.165) is 6.42 Å². The minimum Gasteiger partial charge on any atom is -0.506 e. The van der Waals surface area contributed by atoms with Crippen LogP contribution in [0.3, 0.4) is 0 Å². The van der Waals surface area contributed by atoms with Crippen LogP contribution in [0.1, 0.15) is 27.2 Å². The second kappa shape index (κ2) is 5.16. The van der Waals surface area contributed by atoms with Gasteiger partial charge in [-0.3, -0.25) is 0 Å². The summed E-state index contributed by atoms with van der Waals surface area (Å²) in [6, 6.07) is 3.85. The van der Waals surface area contributed by atoms with Gasteiger partial charge in [0.25, 0.3) is 0 Å². The predicted molar refractivity (Wildman–Crippen MR) is 71.8 cm³/mol. The summed E-state index contributed by atoms with van der Waals surface area (Å²) in [5, 5.41) is 9.27. The topological polar surface area (TPSA) is 92.4 Å². The number of nitrogens with one attached hydrogen (secondary N) is 1. The highest BCUT2D eigenvalue weighted by atomic mass is 32.2. The third-order valence-electron chi connectivity index (χ3n) is 3.01. The molecular formula is C12H20N2O3S. The van der Waals surface area contributed by atoms with E-state index in [4.69, 9.17) is 5.73 Å². The summed E-state index contributed by atoms with van der Waals surface area (Å²) in [6.45, 7) is 6.33. The Bertz CT molecular complexity index is 524. The Balaban J connectivity index is 2.90. The minimum absolute atomic E-state index is 0.0487. The molecule has 0 fully saturated rings. The van der Waals surface area contributed by atoms with Crippen LogP contribution in [0.4, 0.5) is 5.69 Å².